The van der Waals surface area contributed by atoms with E-state index in [4.69, 9.17) is 0 Å². The number of aromatic nitrogens is 4. The van der Waals surface area contributed by atoms with Crippen molar-refractivity contribution < 1.29 is 4.79 Å². The van der Waals surface area contributed by atoms with E-state index in [1.54, 1.807) is 18.3 Å². The van der Waals surface area contributed by atoms with Crippen LogP contribution in [0.3, 0.4) is 0 Å². The number of hydrogen-bond donors (Lipinski definition) is 1. The van der Waals surface area contributed by atoms with Gasteiger partial charge in [-0.3, -0.25) is 14.7 Å². The van der Waals surface area contributed by atoms with Crippen LogP contribution in [0.25, 0.3) is 0 Å². The van der Waals surface area contributed by atoms with Gasteiger partial charge in [0.15, 0.2) is 5.82 Å². The number of nitrogens with zero attached hydrogens (tertiary/aromatic N) is 5. The Morgan fingerprint density at radius 1 is 1.09 bits per heavy atom. The van der Waals surface area contributed by atoms with Crippen molar-refractivity contribution in [3.63, 3.8) is 0 Å². The van der Waals surface area contributed by atoms with E-state index in [2.05, 4.69) is 75.9 Å². The van der Waals surface area contributed by atoms with Gasteiger partial charge < -0.3 is 9.88 Å². The van der Waals surface area contributed by atoms with Crippen molar-refractivity contribution in [1.82, 2.24) is 30.0 Å². The fourth-order valence-corrected chi connectivity index (χ4v) is 4.23. The van der Waals surface area contributed by atoms with Crippen LogP contribution < -0.4 is 5.32 Å². The van der Waals surface area contributed by atoms with Gasteiger partial charge in [-0.15, -0.1) is 10.2 Å². The molecule has 7 nitrogen and oxygen atoms in total. The van der Waals surface area contributed by atoms with E-state index in [-0.39, 0.29) is 17.9 Å². The van der Waals surface area contributed by atoms with Crippen molar-refractivity contribution in [3.05, 3.63) is 76.6 Å². The molecule has 0 fully saturated rings. The summed E-state index contributed by atoms with van der Waals surface area (Å²) in [5, 5.41) is 12.1. The maximum Gasteiger partial charge on any atom is 0.270 e. The van der Waals surface area contributed by atoms with Crippen LogP contribution in [0.15, 0.2) is 42.6 Å². The predicted octanol–water partition coefficient (Wildman–Crippen LogP) is 3.48. The van der Waals surface area contributed by atoms with E-state index in [0.717, 1.165) is 44.2 Å². The molecule has 0 spiro atoms. The lowest BCUT2D eigenvalue weighted by atomic mass is 10.0. The zero-order valence-corrected chi connectivity index (χ0v) is 19.4. The number of nitrogens with one attached hydrogen (secondary N) is 1. The van der Waals surface area contributed by atoms with Crippen LogP contribution in [0.4, 0.5) is 0 Å². The van der Waals surface area contributed by atoms with Crippen molar-refractivity contribution in [2.45, 2.75) is 53.2 Å². The summed E-state index contributed by atoms with van der Waals surface area (Å²) in [6, 6.07) is 11.8. The molecule has 0 unspecified atom stereocenters. The minimum atomic E-state index is -0.226. The molecule has 1 N–H and O–H groups in total. The molecule has 2 aromatic heterocycles. The Balaban J connectivity index is 1.50. The highest BCUT2D eigenvalue weighted by Crippen LogP contribution is 2.23. The second-order valence-electron chi connectivity index (χ2n) is 8.99. The van der Waals surface area contributed by atoms with E-state index < -0.39 is 0 Å². The minimum absolute atomic E-state index is 0.172. The Morgan fingerprint density at radius 2 is 1.94 bits per heavy atom. The Kier molecular flexibility index (Phi) is 6.65. The largest absolute Gasteiger partial charge is 0.340 e. The molecule has 1 amide bonds. The summed E-state index contributed by atoms with van der Waals surface area (Å²) >= 11 is 0. The van der Waals surface area contributed by atoms with Gasteiger partial charge in [0.25, 0.3) is 5.91 Å². The summed E-state index contributed by atoms with van der Waals surface area (Å²) in [6.45, 7) is 12.1. The van der Waals surface area contributed by atoms with Crippen molar-refractivity contribution in [2.75, 3.05) is 13.1 Å². The molecule has 3 aromatic rings. The molecule has 1 aromatic carbocycles. The molecule has 0 aliphatic carbocycles. The Morgan fingerprint density at radius 3 is 2.69 bits per heavy atom. The third kappa shape index (κ3) is 4.88. The highest BCUT2D eigenvalue weighted by atomic mass is 16.2. The molecule has 1 aliphatic heterocycles. The fourth-order valence-electron chi connectivity index (χ4n) is 4.23. The summed E-state index contributed by atoms with van der Waals surface area (Å²) in [5.41, 5.74) is 4.42. The van der Waals surface area contributed by atoms with Gasteiger partial charge >= 0.3 is 0 Å². The maximum atomic E-state index is 12.8. The molecular formula is C25H32N6O. The number of amides is 1. The van der Waals surface area contributed by atoms with Crippen LogP contribution in [-0.4, -0.2) is 43.6 Å². The summed E-state index contributed by atoms with van der Waals surface area (Å²) in [5.74, 6) is 1.80. The SMILES string of the molecule is Cc1ccc(C)c(CN2CCc3nnc([C@@H](NC(=O)c4ccccn4)C(C)C)n3CC2)c1. The first-order chi connectivity index (χ1) is 15.4. The molecule has 7 heteroatoms. The first-order valence-corrected chi connectivity index (χ1v) is 11.3. The van der Waals surface area contributed by atoms with Gasteiger partial charge in [0, 0.05) is 38.8 Å². The lowest BCUT2D eigenvalue weighted by molar-refractivity contribution is 0.0916. The van der Waals surface area contributed by atoms with Gasteiger partial charge in [-0.2, -0.15) is 0 Å². The summed E-state index contributed by atoms with van der Waals surface area (Å²) in [6.07, 6.45) is 2.48. The predicted molar refractivity (Wildman–Crippen MR) is 124 cm³/mol. The number of aryl methyl sites for hydroxylation is 2. The van der Waals surface area contributed by atoms with Gasteiger partial charge in [0.1, 0.15) is 11.5 Å². The minimum Gasteiger partial charge on any atom is -0.340 e. The van der Waals surface area contributed by atoms with Gasteiger partial charge in [0.2, 0.25) is 0 Å². The van der Waals surface area contributed by atoms with Gasteiger partial charge in [-0.05, 0) is 43.0 Å². The summed E-state index contributed by atoms with van der Waals surface area (Å²) in [4.78, 5) is 19.4. The number of hydrogen-bond acceptors (Lipinski definition) is 5. The number of carbonyl (C=O) groups is 1. The second-order valence-corrected chi connectivity index (χ2v) is 8.99. The molecule has 0 saturated carbocycles. The molecular weight excluding hydrogens is 400 g/mol. The summed E-state index contributed by atoms with van der Waals surface area (Å²) in [7, 11) is 0. The maximum absolute atomic E-state index is 12.8. The van der Waals surface area contributed by atoms with Crippen molar-refractivity contribution in [2.24, 2.45) is 5.92 Å². The normalized spacial score (nSPS) is 15.3. The van der Waals surface area contributed by atoms with Crippen molar-refractivity contribution in [3.8, 4) is 0 Å². The van der Waals surface area contributed by atoms with E-state index in [9.17, 15) is 4.79 Å². The third-order valence-corrected chi connectivity index (χ3v) is 6.18. The highest BCUT2D eigenvalue weighted by Gasteiger charge is 2.28. The summed E-state index contributed by atoms with van der Waals surface area (Å²) < 4.78 is 2.20. The van der Waals surface area contributed by atoms with E-state index >= 15 is 0 Å². The lowest BCUT2D eigenvalue weighted by Crippen LogP contribution is -2.34. The van der Waals surface area contributed by atoms with Crippen LogP contribution in [0.2, 0.25) is 0 Å². The van der Waals surface area contributed by atoms with E-state index in [1.807, 2.05) is 6.07 Å². The van der Waals surface area contributed by atoms with Gasteiger partial charge in [0.05, 0.1) is 6.04 Å². The van der Waals surface area contributed by atoms with Crippen molar-refractivity contribution in [1.29, 1.82) is 0 Å². The van der Waals surface area contributed by atoms with Crippen LogP contribution in [0.1, 0.15) is 58.7 Å². The topological polar surface area (TPSA) is 75.9 Å². The monoisotopic (exact) mass is 432 g/mol. The molecule has 0 saturated heterocycles. The number of fused-ring (bicyclic) bond motifs is 1. The molecule has 0 radical (unpaired) electrons. The van der Waals surface area contributed by atoms with Gasteiger partial charge in [-0.1, -0.05) is 43.7 Å². The number of benzene rings is 1. The van der Waals surface area contributed by atoms with Gasteiger partial charge in [-0.25, -0.2) is 0 Å². The average molecular weight is 433 g/mol. The zero-order valence-electron chi connectivity index (χ0n) is 19.4. The smallest absolute Gasteiger partial charge is 0.270 e. The number of carbonyl (C=O) groups excluding carboxylic acids is 1. The number of rotatable bonds is 6. The van der Waals surface area contributed by atoms with E-state index in [0.29, 0.717) is 5.69 Å². The Bertz CT molecular complexity index is 1080. The van der Waals surface area contributed by atoms with Crippen LogP contribution >= 0.6 is 0 Å². The molecule has 168 valence electrons. The first kappa shape index (κ1) is 22.1. The molecule has 1 aliphatic rings. The Hall–Kier alpha value is -3.06. The molecule has 4 rings (SSSR count). The zero-order chi connectivity index (χ0) is 22.7. The third-order valence-electron chi connectivity index (χ3n) is 6.18. The lowest BCUT2D eigenvalue weighted by Gasteiger charge is -2.23. The van der Waals surface area contributed by atoms with Crippen molar-refractivity contribution >= 4 is 5.91 Å². The van der Waals surface area contributed by atoms with Crippen LogP contribution in [0.5, 0.6) is 0 Å². The molecule has 1 atom stereocenters. The molecule has 3 heterocycles. The molecule has 0 bridgehead atoms. The van der Waals surface area contributed by atoms with E-state index in [1.165, 1.54) is 16.7 Å². The Labute approximate surface area is 189 Å². The standard InChI is InChI=1S/C25H32N6O/c1-17(2)23(27-25(32)21-7-5-6-11-26-21)24-29-28-22-10-12-30(13-14-31(22)24)16-20-15-18(3)8-9-19(20)4/h5-9,11,15,17,23H,10,12-14,16H2,1-4H3,(H,27,32)/t23-/m0/s1. The molecule has 32 heavy (non-hydrogen) atoms. The highest BCUT2D eigenvalue weighted by molar-refractivity contribution is 5.92. The van der Waals surface area contributed by atoms with Crippen LogP contribution in [-0.2, 0) is 19.5 Å². The average Bonchev–Trinajstić information content (AvgIpc) is 3.08. The quantitative estimate of drug-likeness (QED) is 0.645. The van der Waals surface area contributed by atoms with Crippen LogP contribution in [0, 0.1) is 19.8 Å². The second kappa shape index (κ2) is 9.61. The fraction of sp³-hybridized carbons (Fsp3) is 0.440. The first-order valence-electron chi connectivity index (χ1n) is 11.3. The number of pyridine rings is 1.